The van der Waals surface area contributed by atoms with Crippen LogP contribution in [0.5, 0.6) is 5.75 Å². The number of unbranched alkanes of at least 4 members (excludes halogenated alkanes) is 1. The van der Waals surface area contributed by atoms with Crippen LogP contribution in [-0.4, -0.2) is 50.9 Å². The van der Waals surface area contributed by atoms with Crippen LogP contribution in [0.15, 0.2) is 102 Å². The summed E-state index contributed by atoms with van der Waals surface area (Å²) >= 11 is 12.6. The van der Waals surface area contributed by atoms with E-state index in [2.05, 4.69) is 5.32 Å². The Labute approximate surface area is 293 Å². The van der Waals surface area contributed by atoms with Crippen molar-refractivity contribution in [2.45, 2.75) is 57.5 Å². The lowest BCUT2D eigenvalue weighted by Crippen LogP contribution is -2.53. The number of sulfonamides is 1. The lowest BCUT2D eigenvalue weighted by atomic mass is 10.0. The highest BCUT2D eigenvalue weighted by molar-refractivity contribution is 7.92. The SMILES string of the molecule is CCCCNC(=O)[C@H](Cc1ccccc1)N(Cc1ccc(Cl)c(Cl)c1)C(=O)CN(c1ccccc1OCC)S(=O)(=O)c1ccc(C)cc1. The molecule has 0 radical (unpaired) electrons. The average molecular weight is 711 g/mol. The number of para-hydroxylation sites is 2. The average Bonchev–Trinajstić information content (AvgIpc) is 3.08. The molecule has 11 heteroatoms. The van der Waals surface area contributed by atoms with Gasteiger partial charge in [-0.25, -0.2) is 8.42 Å². The van der Waals surface area contributed by atoms with E-state index >= 15 is 0 Å². The van der Waals surface area contributed by atoms with Crippen molar-refractivity contribution in [2.75, 3.05) is 24.0 Å². The molecule has 254 valence electrons. The van der Waals surface area contributed by atoms with Crippen molar-refractivity contribution in [3.8, 4) is 5.75 Å². The Morgan fingerprint density at radius 3 is 2.21 bits per heavy atom. The summed E-state index contributed by atoms with van der Waals surface area (Å²) < 4.78 is 35.6. The quantitative estimate of drug-likeness (QED) is 0.122. The van der Waals surface area contributed by atoms with Crippen molar-refractivity contribution in [3.05, 3.63) is 124 Å². The minimum atomic E-state index is -4.28. The fourth-order valence-electron chi connectivity index (χ4n) is 5.19. The zero-order valence-electron chi connectivity index (χ0n) is 27.4. The van der Waals surface area contributed by atoms with E-state index in [0.29, 0.717) is 27.9 Å². The summed E-state index contributed by atoms with van der Waals surface area (Å²) in [5.41, 5.74) is 2.55. The molecular weight excluding hydrogens is 669 g/mol. The number of amides is 2. The molecular formula is C37H41Cl2N3O5S. The van der Waals surface area contributed by atoms with Gasteiger partial charge in [-0.05, 0) is 67.8 Å². The van der Waals surface area contributed by atoms with Gasteiger partial charge in [-0.2, -0.15) is 0 Å². The maximum absolute atomic E-state index is 14.7. The second kappa shape index (κ2) is 17.4. The maximum Gasteiger partial charge on any atom is 0.264 e. The van der Waals surface area contributed by atoms with Crippen LogP contribution < -0.4 is 14.4 Å². The Morgan fingerprint density at radius 2 is 1.54 bits per heavy atom. The fourth-order valence-corrected chi connectivity index (χ4v) is 6.93. The van der Waals surface area contributed by atoms with Gasteiger partial charge in [0.1, 0.15) is 18.3 Å². The van der Waals surface area contributed by atoms with Crippen molar-refractivity contribution in [1.82, 2.24) is 10.2 Å². The zero-order chi connectivity index (χ0) is 34.7. The standard InChI is InChI=1S/C37H41Cl2N3O5S/c1-4-6-22-40-37(44)34(24-28-12-8-7-9-13-28)41(25-29-18-21-31(38)32(39)23-29)36(43)26-42(33-14-10-11-15-35(33)47-5-2)48(45,46)30-19-16-27(3)17-20-30/h7-21,23,34H,4-6,22,24-26H2,1-3H3,(H,40,44)/t34-/m0/s1. The normalized spacial score (nSPS) is 11.9. The molecule has 4 aromatic carbocycles. The van der Waals surface area contributed by atoms with Gasteiger partial charge < -0.3 is 15.0 Å². The first-order valence-corrected chi connectivity index (χ1v) is 18.1. The topological polar surface area (TPSA) is 96.0 Å². The van der Waals surface area contributed by atoms with Gasteiger partial charge in [0, 0.05) is 19.5 Å². The summed E-state index contributed by atoms with van der Waals surface area (Å²) in [6, 6.07) is 26.5. The zero-order valence-corrected chi connectivity index (χ0v) is 29.7. The number of hydrogen-bond donors (Lipinski definition) is 1. The summed E-state index contributed by atoms with van der Waals surface area (Å²) in [6.45, 7) is 5.77. The number of carbonyl (C=O) groups is 2. The molecule has 48 heavy (non-hydrogen) atoms. The predicted molar refractivity (Wildman–Crippen MR) is 192 cm³/mol. The van der Waals surface area contributed by atoms with Crippen molar-refractivity contribution in [1.29, 1.82) is 0 Å². The summed E-state index contributed by atoms with van der Waals surface area (Å²) in [5, 5.41) is 3.63. The van der Waals surface area contributed by atoms with Gasteiger partial charge >= 0.3 is 0 Å². The molecule has 8 nitrogen and oxygen atoms in total. The first kappa shape index (κ1) is 36.8. The van der Waals surface area contributed by atoms with E-state index in [1.165, 1.54) is 17.0 Å². The van der Waals surface area contributed by atoms with Crippen LogP contribution in [0.1, 0.15) is 43.4 Å². The number of benzene rings is 4. The number of aryl methyl sites for hydroxylation is 1. The Kier molecular flexibility index (Phi) is 13.3. The first-order valence-electron chi connectivity index (χ1n) is 15.9. The van der Waals surface area contributed by atoms with E-state index in [1.54, 1.807) is 61.5 Å². The molecule has 0 fully saturated rings. The molecule has 0 saturated carbocycles. The molecule has 0 aromatic heterocycles. The molecule has 0 heterocycles. The van der Waals surface area contributed by atoms with E-state index in [4.69, 9.17) is 27.9 Å². The van der Waals surface area contributed by atoms with Crippen LogP contribution in [0.2, 0.25) is 10.0 Å². The van der Waals surface area contributed by atoms with Gasteiger partial charge in [0.25, 0.3) is 10.0 Å². The molecule has 0 aliphatic rings. The van der Waals surface area contributed by atoms with Crippen molar-refractivity contribution >= 4 is 50.7 Å². The summed E-state index contributed by atoms with van der Waals surface area (Å²) in [7, 11) is -4.28. The molecule has 4 rings (SSSR count). The number of halogens is 2. The minimum Gasteiger partial charge on any atom is -0.492 e. The van der Waals surface area contributed by atoms with Crippen LogP contribution in [0.3, 0.4) is 0 Å². The molecule has 0 saturated heterocycles. The van der Waals surface area contributed by atoms with Crippen LogP contribution in [0.25, 0.3) is 0 Å². The highest BCUT2D eigenvalue weighted by atomic mass is 35.5. The molecule has 1 N–H and O–H groups in total. The van der Waals surface area contributed by atoms with Gasteiger partial charge in [0.15, 0.2) is 0 Å². The monoisotopic (exact) mass is 709 g/mol. The number of carbonyl (C=O) groups excluding carboxylic acids is 2. The number of hydrogen-bond acceptors (Lipinski definition) is 5. The smallest absolute Gasteiger partial charge is 0.264 e. The Bertz CT molecular complexity index is 1790. The highest BCUT2D eigenvalue weighted by Gasteiger charge is 2.35. The largest absolute Gasteiger partial charge is 0.492 e. The summed E-state index contributed by atoms with van der Waals surface area (Å²) in [5.74, 6) is -0.629. The summed E-state index contributed by atoms with van der Waals surface area (Å²) in [6.07, 6.45) is 1.84. The first-order chi connectivity index (χ1) is 23.0. The summed E-state index contributed by atoms with van der Waals surface area (Å²) in [4.78, 5) is 30.1. The lowest BCUT2D eigenvalue weighted by molar-refractivity contribution is -0.140. The predicted octanol–water partition coefficient (Wildman–Crippen LogP) is 7.45. The second-order valence-corrected chi connectivity index (χ2v) is 14.0. The molecule has 0 bridgehead atoms. The Balaban J connectivity index is 1.84. The van der Waals surface area contributed by atoms with Gasteiger partial charge in [-0.1, -0.05) is 103 Å². The minimum absolute atomic E-state index is 0.0152. The van der Waals surface area contributed by atoms with E-state index in [-0.39, 0.29) is 36.1 Å². The molecule has 0 aliphatic carbocycles. The third-order valence-electron chi connectivity index (χ3n) is 7.76. The van der Waals surface area contributed by atoms with Crippen molar-refractivity contribution in [2.24, 2.45) is 0 Å². The molecule has 4 aromatic rings. The number of nitrogens with zero attached hydrogens (tertiary/aromatic N) is 2. The van der Waals surface area contributed by atoms with Crippen LogP contribution in [0.4, 0.5) is 5.69 Å². The van der Waals surface area contributed by atoms with Gasteiger partial charge in [0.2, 0.25) is 11.8 Å². The van der Waals surface area contributed by atoms with Gasteiger partial charge in [0.05, 0.1) is 27.2 Å². The maximum atomic E-state index is 14.7. The molecule has 0 unspecified atom stereocenters. The van der Waals surface area contributed by atoms with E-state index in [1.807, 2.05) is 44.2 Å². The van der Waals surface area contributed by atoms with Crippen molar-refractivity contribution < 1.29 is 22.7 Å². The Morgan fingerprint density at radius 1 is 0.854 bits per heavy atom. The lowest BCUT2D eigenvalue weighted by Gasteiger charge is -2.34. The van der Waals surface area contributed by atoms with E-state index < -0.39 is 28.5 Å². The molecule has 1 atom stereocenters. The van der Waals surface area contributed by atoms with E-state index in [0.717, 1.165) is 28.3 Å². The molecule has 0 spiro atoms. The molecule has 2 amide bonds. The highest BCUT2D eigenvalue weighted by Crippen LogP contribution is 2.33. The van der Waals surface area contributed by atoms with Crippen molar-refractivity contribution in [3.63, 3.8) is 0 Å². The Hall–Kier alpha value is -4.05. The molecule has 0 aliphatic heterocycles. The fraction of sp³-hybridized carbons (Fsp3) is 0.297. The number of nitrogens with one attached hydrogen (secondary N) is 1. The van der Waals surface area contributed by atoms with E-state index in [9.17, 15) is 18.0 Å². The third kappa shape index (κ3) is 9.52. The number of ether oxygens (including phenoxy) is 1. The van der Waals surface area contributed by atoms with Crippen LogP contribution >= 0.6 is 23.2 Å². The number of anilines is 1. The third-order valence-corrected chi connectivity index (χ3v) is 10.3. The van der Waals surface area contributed by atoms with Gasteiger partial charge in [-0.3, -0.25) is 13.9 Å². The van der Waals surface area contributed by atoms with Gasteiger partial charge in [-0.15, -0.1) is 0 Å². The second-order valence-electron chi connectivity index (χ2n) is 11.3. The van der Waals surface area contributed by atoms with Crippen LogP contribution in [-0.2, 0) is 32.6 Å². The van der Waals surface area contributed by atoms with Crippen LogP contribution in [0, 0.1) is 6.92 Å². The number of rotatable bonds is 16.